The second-order valence-electron chi connectivity index (χ2n) is 3.17. The SMILES string of the molecule is C/C=C/CCNc1nc(C)ccc1N. The summed E-state index contributed by atoms with van der Waals surface area (Å²) in [4.78, 5) is 4.31. The summed E-state index contributed by atoms with van der Waals surface area (Å²) in [5.74, 6) is 0.787. The largest absolute Gasteiger partial charge is 0.396 e. The lowest BCUT2D eigenvalue weighted by Gasteiger charge is -2.07. The molecular formula is C11H17N3. The zero-order valence-corrected chi connectivity index (χ0v) is 8.75. The fourth-order valence-electron chi connectivity index (χ4n) is 1.15. The number of nitrogens with two attached hydrogens (primary N) is 1. The van der Waals surface area contributed by atoms with Crippen molar-refractivity contribution in [2.24, 2.45) is 0 Å². The molecule has 3 nitrogen and oxygen atoms in total. The standard InChI is InChI=1S/C11H17N3/c1-3-4-5-8-13-11-10(12)7-6-9(2)14-11/h3-4,6-7H,5,8,12H2,1-2H3,(H,13,14)/b4-3+. The highest BCUT2D eigenvalue weighted by atomic mass is 15.0. The van der Waals surface area contributed by atoms with Gasteiger partial charge in [-0.2, -0.15) is 0 Å². The molecule has 0 atom stereocenters. The average molecular weight is 191 g/mol. The summed E-state index contributed by atoms with van der Waals surface area (Å²) in [7, 11) is 0. The molecule has 76 valence electrons. The number of aryl methyl sites for hydroxylation is 1. The quantitative estimate of drug-likeness (QED) is 0.567. The third kappa shape index (κ3) is 3.09. The summed E-state index contributed by atoms with van der Waals surface area (Å²) in [6, 6.07) is 3.78. The van der Waals surface area contributed by atoms with Crippen molar-refractivity contribution in [2.75, 3.05) is 17.6 Å². The Hall–Kier alpha value is -1.51. The van der Waals surface area contributed by atoms with Gasteiger partial charge in [-0.1, -0.05) is 12.2 Å². The van der Waals surface area contributed by atoms with Gasteiger partial charge >= 0.3 is 0 Å². The molecular weight excluding hydrogens is 174 g/mol. The van der Waals surface area contributed by atoms with E-state index in [0.29, 0.717) is 5.69 Å². The molecule has 0 unspecified atom stereocenters. The van der Waals surface area contributed by atoms with Crippen molar-refractivity contribution >= 4 is 11.5 Å². The Morgan fingerprint density at radius 3 is 3.00 bits per heavy atom. The third-order valence-electron chi connectivity index (χ3n) is 1.90. The van der Waals surface area contributed by atoms with E-state index in [4.69, 9.17) is 5.73 Å². The first-order valence-electron chi connectivity index (χ1n) is 4.82. The molecule has 0 aliphatic rings. The summed E-state index contributed by atoms with van der Waals surface area (Å²) < 4.78 is 0. The van der Waals surface area contributed by atoms with Crippen LogP contribution < -0.4 is 11.1 Å². The van der Waals surface area contributed by atoms with E-state index in [1.807, 2.05) is 32.1 Å². The predicted molar refractivity (Wildman–Crippen MR) is 61.3 cm³/mol. The van der Waals surface area contributed by atoms with Crippen LogP contribution in [0.15, 0.2) is 24.3 Å². The lowest BCUT2D eigenvalue weighted by atomic mass is 10.3. The van der Waals surface area contributed by atoms with Crippen molar-refractivity contribution in [2.45, 2.75) is 20.3 Å². The number of nitrogens with one attached hydrogen (secondary N) is 1. The smallest absolute Gasteiger partial charge is 0.149 e. The van der Waals surface area contributed by atoms with Crippen LogP contribution in [0.4, 0.5) is 11.5 Å². The molecule has 0 aliphatic heterocycles. The number of hydrogen-bond donors (Lipinski definition) is 2. The van der Waals surface area contributed by atoms with Crippen molar-refractivity contribution < 1.29 is 0 Å². The zero-order valence-electron chi connectivity index (χ0n) is 8.75. The molecule has 1 heterocycles. The number of nitrogens with zero attached hydrogens (tertiary/aromatic N) is 1. The van der Waals surface area contributed by atoms with Crippen molar-refractivity contribution in [3.8, 4) is 0 Å². The van der Waals surface area contributed by atoms with Crippen LogP contribution in [0, 0.1) is 6.92 Å². The zero-order chi connectivity index (χ0) is 10.4. The first-order valence-corrected chi connectivity index (χ1v) is 4.82. The Kier molecular flexibility index (Phi) is 3.98. The summed E-state index contributed by atoms with van der Waals surface area (Å²) in [5, 5.41) is 3.20. The Morgan fingerprint density at radius 1 is 1.50 bits per heavy atom. The number of hydrogen-bond acceptors (Lipinski definition) is 3. The highest BCUT2D eigenvalue weighted by Gasteiger charge is 1.98. The van der Waals surface area contributed by atoms with Gasteiger partial charge < -0.3 is 11.1 Å². The monoisotopic (exact) mass is 191 g/mol. The summed E-state index contributed by atoms with van der Waals surface area (Å²) >= 11 is 0. The van der Waals surface area contributed by atoms with Gasteiger partial charge in [0, 0.05) is 12.2 Å². The second kappa shape index (κ2) is 5.27. The molecule has 3 heteroatoms. The number of allylic oxidation sites excluding steroid dienone is 1. The molecule has 0 bridgehead atoms. The Labute approximate surface area is 85.0 Å². The molecule has 0 aliphatic carbocycles. The van der Waals surface area contributed by atoms with Crippen molar-refractivity contribution in [1.29, 1.82) is 0 Å². The first-order chi connectivity index (χ1) is 6.74. The number of aromatic nitrogens is 1. The van der Waals surface area contributed by atoms with E-state index in [1.54, 1.807) is 0 Å². The maximum absolute atomic E-state index is 5.76. The van der Waals surface area contributed by atoms with Crippen LogP contribution in [-0.4, -0.2) is 11.5 Å². The van der Waals surface area contributed by atoms with Crippen molar-refractivity contribution in [3.63, 3.8) is 0 Å². The van der Waals surface area contributed by atoms with Crippen LogP contribution in [-0.2, 0) is 0 Å². The van der Waals surface area contributed by atoms with E-state index in [9.17, 15) is 0 Å². The highest BCUT2D eigenvalue weighted by Crippen LogP contribution is 2.14. The summed E-state index contributed by atoms with van der Waals surface area (Å²) in [6.45, 7) is 4.83. The molecule has 3 N–H and O–H groups in total. The number of nitrogen functional groups attached to an aromatic ring is 1. The van der Waals surface area contributed by atoms with E-state index in [-0.39, 0.29) is 0 Å². The van der Waals surface area contributed by atoms with Gasteiger partial charge in [-0.3, -0.25) is 0 Å². The molecule has 1 rings (SSSR count). The minimum atomic E-state index is 0.705. The predicted octanol–water partition coefficient (Wildman–Crippen LogP) is 2.35. The fraction of sp³-hybridized carbons (Fsp3) is 0.364. The topological polar surface area (TPSA) is 50.9 Å². The molecule has 0 fully saturated rings. The lowest BCUT2D eigenvalue weighted by molar-refractivity contribution is 1.04. The van der Waals surface area contributed by atoms with Crippen LogP contribution >= 0.6 is 0 Å². The normalized spacial score (nSPS) is 10.7. The second-order valence-corrected chi connectivity index (χ2v) is 3.17. The van der Waals surface area contributed by atoms with Crippen LogP contribution in [0.5, 0.6) is 0 Å². The number of pyridine rings is 1. The molecule has 0 aromatic carbocycles. The maximum Gasteiger partial charge on any atom is 0.149 e. The van der Waals surface area contributed by atoms with Crippen LogP contribution in [0.1, 0.15) is 19.0 Å². The average Bonchev–Trinajstić information content (AvgIpc) is 2.18. The number of rotatable bonds is 4. The molecule has 1 aromatic heterocycles. The lowest BCUT2D eigenvalue weighted by Crippen LogP contribution is -2.05. The molecule has 0 radical (unpaired) electrons. The molecule has 0 spiro atoms. The van der Waals surface area contributed by atoms with Gasteiger partial charge in [-0.15, -0.1) is 0 Å². The fourth-order valence-corrected chi connectivity index (χ4v) is 1.15. The molecule has 0 saturated carbocycles. The Balaban J connectivity index is 2.53. The van der Waals surface area contributed by atoms with Gasteiger partial charge in [-0.25, -0.2) is 4.98 Å². The van der Waals surface area contributed by atoms with Gasteiger partial charge in [0.2, 0.25) is 0 Å². The van der Waals surface area contributed by atoms with Gasteiger partial charge in [0.25, 0.3) is 0 Å². The third-order valence-corrected chi connectivity index (χ3v) is 1.90. The van der Waals surface area contributed by atoms with E-state index in [1.165, 1.54) is 0 Å². The molecule has 1 aromatic rings. The summed E-state index contributed by atoms with van der Waals surface area (Å²) in [5.41, 5.74) is 7.45. The minimum Gasteiger partial charge on any atom is -0.396 e. The van der Waals surface area contributed by atoms with Gasteiger partial charge in [0.15, 0.2) is 0 Å². The maximum atomic E-state index is 5.76. The van der Waals surface area contributed by atoms with Gasteiger partial charge in [0.1, 0.15) is 5.82 Å². The van der Waals surface area contributed by atoms with E-state index < -0.39 is 0 Å². The highest BCUT2D eigenvalue weighted by molar-refractivity contribution is 5.61. The number of anilines is 2. The minimum absolute atomic E-state index is 0.705. The van der Waals surface area contributed by atoms with Gasteiger partial charge in [-0.05, 0) is 32.4 Å². The summed E-state index contributed by atoms with van der Waals surface area (Å²) in [6.07, 6.45) is 5.14. The van der Waals surface area contributed by atoms with E-state index in [2.05, 4.69) is 16.4 Å². The van der Waals surface area contributed by atoms with Gasteiger partial charge in [0.05, 0.1) is 5.69 Å². The van der Waals surface area contributed by atoms with Crippen molar-refractivity contribution in [3.05, 3.63) is 30.0 Å². The van der Waals surface area contributed by atoms with Crippen LogP contribution in [0.2, 0.25) is 0 Å². The van der Waals surface area contributed by atoms with Crippen LogP contribution in [0.3, 0.4) is 0 Å². The molecule has 14 heavy (non-hydrogen) atoms. The Morgan fingerprint density at radius 2 is 2.29 bits per heavy atom. The first kappa shape index (κ1) is 10.6. The Bertz CT molecular complexity index is 318. The molecule has 0 saturated heterocycles. The van der Waals surface area contributed by atoms with Crippen molar-refractivity contribution in [1.82, 2.24) is 4.98 Å². The van der Waals surface area contributed by atoms with E-state index in [0.717, 1.165) is 24.5 Å². The molecule has 0 amide bonds. The van der Waals surface area contributed by atoms with Crippen LogP contribution in [0.25, 0.3) is 0 Å². The van der Waals surface area contributed by atoms with E-state index >= 15 is 0 Å².